The van der Waals surface area contributed by atoms with Gasteiger partial charge in [0.2, 0.25) is 0 Å². The molecule has 0 spiro atoms. The Bertz CT molecular complexity index is 743. The van der Waals surface area contributed by atoms with Crippen LogP contribution in [0.4, 0.5) is 0 Å². The summed E-state index contributed by atoms with van der Waals surface area (Å²) < 4.78 is 23.1. The first-order valence-electron chi connectivity index (χ1n) is 11.0. The zero-order valence-corrected chi connectivity index (χ0v) is 23.0. The van der Waals surface area contributed by atoms with Gasteiger partial charge in [0.1, 0.15) is 0 Å². The molecule has 6 nitrogen and oxygen atoms in total. The number of hydrogen-bond acceptors (Lipinski definition) is 4. The maximum absolute atomic E-state index is 12.3. The van der Waals surface area contributed by atoms with Gasteiger partial charge in [-0.05, 0) is 43.9 Å². The SMILES string of the molecule is CCNC(=NCC(C)(C)c1ccc(OC)c(OC)c1)NC1CCCC(S(=O)CC)C1.I. The van der Waals surface area contributed by atoms with Crippen LogP contribution in [0.3, 0.4) is 0 Å². The normalized spacial score (nSPS) is 20.4. The van der Waals surface area contributed by atoms with E-state index in [1.807, 2.05) is 19.1 Å². The van der Waals surface area contributed by atoms with Crippen LogP contribution in [0.25, 0.3) is 0 Å². The maximum atomic E-state index is 12.3. The number of benzene rings is 1. The molecule has 0 heterocycles. The van der Waals surface area contributed by atoms with E-state index in [2.05, 4.69) is 37.5 Å². The third-order valence-corrected chi connectivity index (χ3v) is 7.51. The van der Waals surface area contributed by atoms with E-state index in [9.17, 15) is 4.21 Å². The third kappa shape index (κ3) is 8.11. The lowest BCUT2D eigenvalue weighted by molar-refractivity contribution is 0.353. The third-order valence-electron chi connectivity index (χ3n) is 5.76. The molecule has 1 aromatic rings. The van der Waals surface area contributed by atoms with Crippen LogP contribution in [-0.2, 0) is 16.2 Å². The monoisotopic (exact) mass is 565 g/mol. The molecule has 1 aromatic carbocycles. The molecule has 1 saturated carbocycles. The number of halogens is 1. The molecule has 1 fully saturated rings. The number of nitrogens with zero attached hydrogens (tertiary/aromatic N) is 1. The van der Waals surface area contributed by atoms with Gasteiger partial charge >= 0.3 is 0 Å². The molecule has 2 N–H and O–H groups in total. The molecule has 0 saturated heterocycles. The minimum atomic E-state index is -0.724. The van der Waals surface area contributed by atoms with Gasteiger partial charge in [0.15, 0.2) is 17.5 Å². The zero-order chi connectivity index (χ0) is 22.1. The second kappa shape index (κ2) is 13.5. The summed E-state index contributed by atoms with van der Waals surface area (Å²) in [6.45, 7) is 9.89. The van der Waals surface area contributed by atoms with Crippen molar-refractivity contribution in [2.24, 2.45) is 4.99 Å². The van der Waals surface area contributed by atoms with Crippen molar-refractivity contribution in [1.29, 1.82) is 0 Å². The smallest absolute Gasteiger partial charge is 0.191 e. The summed E-state index contributed by atoms with van der Waals surface area (Å²) in [5.74, 6) is 3.03. The van der Waals surface area contributed by atoms with Crippen LogP contribution in [0.15, 0.2) is 23.2 Å². The minimum absolute atomic E-state index is 0. The standard InChI is InChI=1S/C23H39N3O3S.HI/c1-7-24-22(26-18-10-9-11-19(15-18)30(27)8-2)25-16-23(3,4)17-12-13-20(28-5)21(14-17)29-6;/h12-14,18-19H,7-11,15-16H2,1-6H3,(H2,24,25,26);1H. The molecule has 2 rings (SSSR count). The maximum Gasteiger partial charge on any atom is 0.191 e. The lowest BCUT2D eigenvalue weighted by atomic mass is 9.84. The first-order chi connectivity index (χ1) is 14.3. The Morgan fingerprint density at radius 2 is 1.90 bits per heavy atom. The van der Waals surface area contributed by atoms with Gasteiger partial charge in [-0.3, -0.25) is 9.20 Å². The lowest BCUT2D eigenvalue weighted by Crippen LogP contribution is -2.47. The zero-order valence-electron chi connectivity index (χ0n) is 19.8. The molecular weight excluding hydrogens is 525 g/mol. The van der Waals surface area contributed by atoms with Crippen molar-refractivity contribution in [3.05, 3.63) is 23.8 Å². The van der Waals surface area contributed by atoms with Crippen molar-refractivity contribution in [3.63, 3.8) is 0 Å². The molecule has 1 aliphatic rings. The Balaban J connectivity index is 0.00000480. The largest absolute Gasteiger partial charge is 0.493 e. The molecule has 8 heteroatoms. The van der Waals surface area contributed by atoms with Gasteiger partial charge < -0.3 is 20.1 Å². The van der Waals surface area contributed by atoms with E-state index < -0.39 is 10.8 Å². The van der Waals surface area contributed by atoms with Crippen LogP contribution in [0.5, 0.6) is 11.5 Å². The molecule has 0 amide bonds. The van der Waals surface area contributed by atoms with E-state index >= 15 is 0 Å². The predicted molar refractivity (Wildman–Crippen MR) is 142 cm³/mol. The van der Waals surface area contributed by atoms with Crippen LogP contribution in [0, 0.1) is 0 Å². The average molecular weight is 566 g/mol. The molecule has 31 heavy (non-hydrogen) atoms. The van der Waals surface area contributed by atoms with Gasteiger partial charge in [0.25, 0.3) is 0 Å². The lowest BCUT2D eigenvalue weighted by Gasteiger charge is -2.31. The van der Waals surface area contributed by atoms with Crippen molar-refractivity contribution < 1.29 is 13.7 Å². The van der Waals surface area contributed by atoms with Crippen LogP contribution < -0.4 is 20.1 Å². The number of rotatable bonds is 9. The molecular formula is C23H40IN3O3S. The van der Waals surface area contributed by atoms with Crippen LogP contribution in [0.2, 0.25) is 0 Å². The Hall–Kier alpha value is -1.03. The van der Waals surface area contributed by atoms with Crippen molar-refractivity contribution in [3.8, 4) is 11.5 Å². The molecule has 1 aliphatic carbocycles. The Labute approximate surface area is 207 Å². The molecule has 0 aliphatic heterocycles. The Kier molecular flexibility index (Phi) is 12.2. The average Bonchev–Trinajstić information content (AvgIpc) is 2.76. The number of methoxy groups -OCH3 is 2. The fraction of sp³-hybridized carbons (Fsp3) is 0.696. The van der Waals surface area contributed by atoms with Crippen molar-refractivity contribution >= 4 is 40.7 Å². The molecule has 0 aromatic heterocycles. The van der Waals surface area contributed by atoms with Crippen LogP contribution in [-0.4, -0.2) is 54.5 Å². The highest BCUT2D eigenvalue weighted by Crippen LogP contribution is 2.33. The van der Waals surface area contributed by atoms with E-state index in [0.717, 1.165) is 61.0 Å². The Morgan fingerprint density at radius 3 is 2.52 bits per heavy atom. The number of guanidine groups is 1. The van der Waals surface area contributed by atoms with Gasteiger partial charge in [-0.2, -0.15) is 0 Å². The summed E-state index contributed by atoms with van der Waals surface area (Å²) >= 11 is 0. The number of aliphatic imine (C=N–C) groups is 1. The first-order valence-corrected chi connectivity index (χ1v) is 12.4. The van der Waals surface area contributed by atoms with Gasteiger partial charge in [0.05, 0.1) is 20.8 Å². The van der Waals surface area contributed by atoms with E-state index in [4.69, 9.17) is 14.5 Å². The summed E-state index contributed by atoms with van der Waals surface area (Å²) in [6, 6.07) is 6.36. The minimum Gasteiger partial charge on any atom is -0.493 e. The van der Waals surface area contributed by atoms with Crippen molar-refractivity contribution in [2.45, 2.75) is 70.1 Å². The summed E-state index contributed by atoms with van der Waals surface area (Å²) in [6.07, 6.45) is 4.23. The number of ether oxygens (including phenoxy) is 2. The number of hydrogen-bond donors (Lipinski definition) is 2. The molecule has 3 atom stereocenters. The molecule has 3 unspecified atom stereocenters. The fourth-order valence-corrected chi connectivity index (χ4v) is 5.24. The summed E-state index contributed by atoms with van der Waals surface area (Å²) in [4.78, 5) is 4.89. The van der Waals surface area contributed by atoms with Gasteiger partial charge in [-0.15, -0.1) is 24.0 Å². The van der Waals surface area contributed by atoms with Crippen molar-refractivity contribution in [1.82, 2.24) is 10.6 Å². The summed E-state index contributed by atoms with van der Waals surface area (Å²) in [5, 5.41) is 7.26. The molecule has 178 valence electrons. The van der Waals surface area contributed by atoms with Crippen LogP contribution in [0.1, 0.15) is 58.9 Å². The first kappa shape index (κ1) is 28.0. The van der Waals surface area contributed by atoms with Crippen molar-refractivity contribution in [2.75, 3.05) is 33.1 Å². The van der Waals surface area contributed by atoms with E-state index in [-0.39, 0.29) is 29.4 Å². The quantitative estimate of drug-likeness (QED) is 0.267. The van der Waals surface area contributed by atoms with Gasteiger partial charge in [0, 0.05) is 39.8 Å². The van der Waals surface area contributed by atoms with E-state index in [0.29, 0.717) is 17.8 Å². The molecule has 0 bridgehead atoms. The Morgan fingerprint density at radius 1 is 1.19 bits per heavy atom. The highest BCUT2D eigenvalue weighted by atomic mass is 127. The van der Waals surface area contributed by atoms with E-state index in [1.165, 1.54) is 0 Å². The van der Waals surface area contributed by atoms with E-state index in [1.54, 1.807) is 14.2 Å². The highest BCUT2D eigenvalue weighted by Gasteiger charge is 2.27. The van der Waals surface area contributed by atoms with Crippen LogP contribution >= 0.6 is 24.0 Å². The van der Waals surface area contributed by atoms with Gasteiger partial charge in [-0.1, -0.05) is 33.3 Å². The highest BCUT2D eigenvalue weighted by molar-refractivity contribution is 14.0. The predicted octanol–water partition coefficient (Wildman–Crippen LogP) is 4.23. The number of nitrogens with one attached hydrogen (secondary N) is 2. The fourth-order valence-electron chi connectivity index (χ4n) is 3.89. The van der Waals surface area contributed by atoms with Gasteiger partial charge in [-0.25, -0.2) is 0 Å². The second-order valence-electron chi connectivity index (χ2n) is 8.45. The molecule has 0 radical (unpaired) electrons. The second-order valence-corrected chi connectivity index (χ2v) is 10.5. The summed E-state index contributed by atoms with van der Waals surface area (Å²) in [5.41, 5.74) is 0.983. The summed E-state index contributed by atoms with van der Waals surface area (Å²) in [7, 11) is 2.58. The topological polar surface area (TPSA) is 72.0 Å².